The van der Waals surface area contributed by atoms with E-state index in [9.17, 15) is 18.0 Å². The van der Waals surface area contributed by atoms with Crippen LogP contribution in [0.5, 0.6) is 5.75 Å². The number of ether oxygens (including phenoxy) is 3. The smallest absolute Gasteiger partial charge is 0.416 e. The molecule has 0 radical (unpaired) electrons. The van der Waals surface area contributed by atoms with Crippen LogP contribution in [0, 0.1) is 0 Å². The highest BCUT2D eigenvalue weighted by molar-refractivity contribution is 5.68. The van der Waals surface area contributed by atoms with Gasteiger partial charge < -0.3 is 19.3 Å². The average molecular weight is 398 g/mol. The van der Waals surface area contributed by atoms with Crippen LogP contribution in [0.2, 0.25) is 0 Å². The summed E-state index contributed by atoms with van der Waals surface area (Å²) in [4.78, 5) is 10.6. The first-order valence-corrected chi connectivity index (χ1v) is 8.49. The predicted octanol–water partition coefficient (Wildman–Crippen LogP) is 4.71. The van der Waals surface area contributed by atoms with Crippen molar-refractivity contribution in [3.8, 4) is 5.75 Å². The maximum Gasteiger partial charge on any atom is 0.416 e. The SMILES string of the molecule is C=C(COC1=CC(C)=C(OCC(=O)O)CC1)COc1ccc(C(F)(F)F)cc1. The monoisotopic (exact) mass is 398 g/mol. The third-order valence-electron chi connectivity index (χ3n) is 3.87. The Morgan fingerprint density at radius 2 is 1.71 bits per heavy atom. The van der Waals surface area contributed by atoms with E-state index in [1.54, 1.807) is 6.08 Å². The van der Waals surface area contributed by atoms with Crippen LogP contribution in [0.1, 0.15) is 25.3 Å². The molecule has 8 heteroatoms. The first-order valence-electron chi connectivity index (χ1n) is 8.49. The van der Waals surface area contributed by atoms with Crippen LogP contribution in [0.4, 0.5) is 13.2 Å². The van der Waals surface area contributed by atoms with Gasteiger partial charge in [-0.1, -0.05) is 6.58 Å². The van der Waals surface area contributed by atoms with E-state index < -0.39 is 17.7 Å². The van der Waals surface area contributed by atoms with Gasteiger partial charge >= 0.3 is 12.1 Å². The highest BCUT2D eigenvalue weighted by Gasteiger charge is 2.30. The lowest BCUT2D eigenvalue weighted by Gasteiger charge is -2.19. The van der Waals surface area contributed by atoms with Crippen molar-refractivity contribution in [2.24, 2.45) is 0 Å². The summed E-state index contributed by atoms with van der Waals surface area (Å²) < 4.78 is 53.9. The standard InChI is InChI=1S/C20H21F3O5/c1-13(10-26-16-5-3-15(4-6-16)20(21,22)23)11-27-17-7-8-18(14(2)9-17)28-12-19(24)25/h3-6,9H,1,7-8,10-12H2,2H3,(H,24,25). The molecule has 0 heterocycles. The van der Waals surface area contributed by atoms with Crippen molar-refractivity contribution in [3.63, 3.8) is 0 Å². The van der Waals surface area contributed by atoms with E-state index >= 15 is 0 Å². The first-order chi connectivity index (χ1) is 13.1. The van der Waals surface area contributed by atoms with Gasteiger partial charge in [0.1, 0.15) is 24.7 Å². The number of carboxylic acid groups (broad SMARTS) is 1. The molecular formula is C20H21F3O5. The maximum absolute atomic E-state index is 12.5. The number of hydrogen-bond acceptors (Lipinski definition) is 4. The van der Waals surface area contributed by atoms with Gasteiger partial charge in [0.25, 0.3) is 0 Å². The van der Waals surface area contributed by atoms with E-state index in [2.05, 4.69) is 6.58 Å². The molecule has 0 aromatic heterocycles. The molecule has 0 unspecified atom stereocenters. The molecule has 1 aliphatic carbocycles. The van der Waals surface area contributed by atoms with E-state index in [1.807, 2.05) is 6.92 Å². The fraction of sp³-hybridized carbons (Fsp3) is 0.350. The minimum Gasteiger partial charge on any atom is -0.493 e. The van der Waals surface area contributed by atoms with Gasteiger partial charge in [-0.25, -0.2) is 4.79 Å². The van der Waals surface area contributed by atoms with Crippen LogP contribution in [0.15, 0.2) is 59.6 Å². The van der Waals surface area contributed by atoms with Crippen LogP contribution in [-0.2, 0) is 20.4 Å². The molecule has 1 aliphatic rings. The van der Waals surface area contributed by atoms with Gasteiger partial charge in [0.2, 0.25) is 0 Å². The summed E-state index contributed by atoms with van der Waals surface area (Å²) in [5.74, 6) is 0.621. The second-order valence-corrected chi connectivity index (χ2v) is 6.25. The minimum atomic E-state index is -4.38. The molecule has 0 fully saturated rings. The Bertz CT molecular complexity index is 776. The van der Waals surface area contributed by atoms with E-state index in [-0.39, 0.29) is 19.8 Å². The fourth-order valence-corrected chi connectivity index (χ4v) is 2.44. The van der Waals surface area contributed by atoms with Crippen LogP contribution in [0.25, 0.3) is 0 Å². The van der Waals surface area contributed by atoms with Crippen molar-refractivity contribution < 1.29 is 37.3 Å². The number of aliphatic carboxylic acids is 1. The highest BCUT2D eigenvalue weighted by atomic mass is 19.4. The summed E-state index contributed by atoms with van der Waals surface area (Å²) >= 11 is 0. The van der Waals surface area contributed by atoms with Gasteiger partial charge in [-0.15, -0.1) is 0 Å². The number of allylic oxidation sites excluding steroid dienone is 4. The Morgan fingerprint density at radius 1 is 1.07 bits per heavy atom. The fourth-order valence-electron chi connectivity index (χ4n) is 2.44. The summed E-state index contributed by atoms with van der Waals surface area (Å²) in [6.45, 7) is 5.57. The van der Waals surface area contributed by atoms with Crippen molar-refractivity contribution in [3.05, 3.63) is 65.1 Å². The molecule has 0 spiro atoms. The van der Waals surface area contributed by atoms with Gasteiger partial charge in [-0.3, -0.25) is 0 Å². The Balaban J connectivity index is 1.78. The molecule has 1 N–H and O–H groups in total. The molecule has 0 amide bonds. The van der Waals surface area contributed by atoms with Gasteiger partial charge in [-0.2, -0.15) is 13.2 Å². The number of rotatable bonds is 9. The maximum atomic E-state index is 12.5. The van der Waals surface area contributed by atoms with E-state index in [4.69, 9.17) is 19.3 Å². The molecule has 0 bridgehead atoms. The lowest BCUT2D eigenvalue weighted by Crippen LogP contribution is -2.11. The summed E-state index contributed by atoms with van der Waals surface area (Å²) in [5, 5.41) is 8.65. The van der Waals surface area contributed by atoms with Crippen molar-refractivity contribution in [2.75, 3.05) is 19.8 Å². The molecule has 152 valence electrons. The molecule has 0 saturated heterocycles. The number of carboxylic acids is 1. The third-order valence-corrected chi connectivity index (χ3v) is 3.87. The zero-order chi connectivity index (χ0) is 20.7. The lowest BCUT2D eigenvalue weighted by atomic mass is 10.0. The topological polar surface area (TPSA) is 65.0 Å². The third kappa shape index (κ3) is 6.68. The Hall–Kier alpha value is -2.90. The number of hydrogen-bond donors (Lipinski definition) is 1. The largest absolute Gasteiger partial charge is 0.493 e. The van der Waals surface area contributed by atoms with Crippen molar-refractivity contribution in [1.82, 2.24) is 0 Å². The van der Waals surface area contributed by atoms with Gasteiger partial charge in [0, 0.05) is 12.8 Å². The summed E-state index contributed by atoms with van der Waals surface area (Å²) in [6, 6.07) is 4.43. The van der Waals surface area contributed by atoms with Gasteiger partial charge in [0.05, 0.1) is 11.3 Å². The van der Waals surface area contributed by atoms with Crippen LogP contribution >= 0.6 is 0 Å². The number of carbonyl (C=O) groups is 1. The zero-order valence-corrected chi connectivity index (χ0v) is 15.3. The minimum absolute atomic E-state index is 0.112. The molecule has 5 nitrogen and oxygen atoms in total. The second-order valence-electron chi connectivity index (χ2n) is 6.25. The molecule has 1 aromatic carbocycles. The van der Waals surface area contributed by atoms with Crippen molar-refractivity contribution in [2.45, 2.75) is 25.9 Å². The van der Waals surface area contributed by atoms with E-state index in [0.29, 0.717) is 29.9 Å². The highest BCUT2D eigenvalue weighted by Crippen LogP contribution is 2.30. The zero-order valence-electron chi connectivity index (χ0n) is 15.3. The van der Waals surface area contributed by atoms with Crippen LogP contribution in [-0.4, -0.2) is 30.9 Å². The molecule has 28 heavy (non-hydrogen) atoms. The molecule has 2 rings (SSSR count). The Kier molecular flexibility index (Phi) is 7.14. The van der Waals surface area contributed by atoms with Gasteiger partial charge in [-0.05, 0) is 48.4 Å². The lowest BCUT2D eigenvalue weighted by molar-refractivity contribution is -0.141. The Morgan fingerprint density at radius 3 is 2.29 bits per heavy atom. The van der Waals surface area contributed by atoms with E-state index in [1.165, 1.54) is 12.1 Å². The second kappa shape index (κ2) is 9.34. The molecule has 0 aliphatic heterocycles. The molecule has 0 atom stereocenters. The summed E-state index contributed by atoms with van der Waals surface area (Å²) in [6.07, 6.45) is -1.49. The van der Waals surface area contributed by atoms with Crippen molar-refractivity contribution >= 4 is 5.97 Å². The van der Waals surface area contributed by atoms with Crippen molar-refractivity contribution in [1.29, 1.82) is 0 Å². The molecular weight excluding hydrogens is 377 g/mol. The summed E-state index contributed by atoms with van der Waals surface area (Å²) in [7, 11) is 0. The van der Waals surface area contributed by atoms with Crippen LogP contribution < -0.4 is 4.74 Å². The normalized spacial score (nSPS) is 14.4. The molecule has 0 saturated carbocycles. The van der Waals surface area contributed by atoms with E-state index in [0.717, 1.165) is 23.5 Å². The number of alkyl halides is 3. The predicted molar refractivity (Wildman–Crippen MR) is 95.6 cm³/mol. The molecule has 1 aromatic rings. The number of benzene rings is 1. The van der Waals surface area contributed by atoms with Crippen LogP contribution in [0.3, 0.4) is 0 Å². The summed E-state index contributed by atoms with van der Waals surface area (Å²) in [5.41, 5.74) is 0.686. The average Bonchev–Trinajstić information content (AvgIpc) is 2.63. The first kappa shape index (κ1) is 21.4. The van der Waals surface area contributed by atoms with Gasteiger partial charge in [0.15, 0.2) is 6.61 Å². The Labute approximate surface area is 160 Å². The quantitative estimate of drug-likeness (QED) is 0.611. The number of halogens is 3.